The first-order chi connectivity index (χ1) is 33.7. The number of nitrogens with one attached hydrogen (secondary N) is 7. The fourth-order valence-electron chi connectivity index (χ4n) is 8.45. The van der Waals surface area contributed by atoms with Gasteiger partial charge in [-0.1, -0.05) is 128 Å². The molecule has 1 rings (SSSR count). The second kappa shape index (κ2) is 34.2. The lowest BCUT2D eigenvalue weighted by atomic mass is 9.98. The highest BCUT2D eigenvalue weighted by Crippen LogP contribution is 2.19. The van der Waals surface area contributed by atoms with Crippen LogP contribution in [-0.2, 0) is 52.7 Å². The minimum absolute atomic E-state index is 0.0401. The van der Waals surface area contributed by atoms with Crippen LogP contribution in [0.1, 0.15) is 192 Å². The van der Waals surface area contributed by atoms with Gasteiger partial charge < -0.3 is 52.2 Å². The van der Waals surface area contributed by atoms with Crippen molar-refractivity contribution in [3.05, 3.63) is 0 Å². The highest BCUT2D eigenvalue weighted by Gasteiger charge is 2.37. The van der Waals surface area contributed by atoms with E-state index in [1.165, 1.54) is 12.8 Å². The van der Waals surface area contributed by atoms with Gasteiger partial charge in [-0.2, -0.15) is 0 Å². The van der Waals surface area contributed by atoms with Crippen LogP contribution in [0.25, 0.3) is 0 Å². The molecule has 0 unspecified atom stereocenters. The van der Waals surface area contributed by atoms with Crippen LogP contribution in [0.3, 0.4) is 0 Å². The van der Waals surface area contributed by atoms with E-state index < -0.39 is 133 Å². The van der Waals surface area contributed by atoms with E-state index in [0.29, 0.717) is 6.42 Å². The summed E-state index contributed by atoms with van der Waals surface area (Å²) in [5.41, 5.74) is 0. The number of carbonyl (C=O) groups is 10. The zero-order valence-electron chi connectivity index (χ0n) is 45.1. The fourth-order valence-corrected chi connectivity index (χ4v) is 8.45. The average Bonchev–Trinajstić information content (AvgIpc) is 3.26. The Bertz CT molecular complexity index is 1770. The Hall–Kier alpha value is -5.30. The summed E-state index contributed by atoms with van der Waals surface area (Å²) < 4.78 is 6.03. The second-order valence-electron chi connectivity index (χ2n) is 21.6. The van der Waals surface area contributed by atoms with Crippen LogP contribution in [0.2, 0.25) is 0 Å². The molecule has 0 aliphatic carbocycles. The number of hydrogen-bond acceptors (Lipinski definition) is 11. The van der Waals surface area contributed by atoms with Gasteiger partial charge in [-0.05, 0) is 74.5 Å². The maximum absolute atomic E-state index is 14.2. The number of aliphatic carboxylic acids is 2. The van der Waals surface area contributed by atoms with Gasteiger partial charge in [0.2, 0.25) is 41.4 Å². The third-order valence-corrected chi connectivity index (χ3v) is 12.2. The van der Waals surface area contributed by atoms with Crippen LogP contribution in [-0.4, -0.2) is 118 Å². The number of ether oxygens (including phenoxy) is 1. The quantitative estimate of drug-likeness (QED) is 0.0465. The summed E-state index contributed by atoms with van der Waals surface area (Å²) in [6.45, 7) is 19.8. The number of carbonyl (C=O) groups excluding carboxylic acids is 8. The third-order valence-electron chi connectivity index (χ3n) is 12.2. The van der Waals surface area contributed by atoms with Crippen LogP contribution < -0.4 is 37.2 Å². The monoisotopic (exact) mass is 1020 g/mol. The summed E-state index contributed by atoms with van der Waals surface area (Å²) in [4.78, 5) is 136. The molecule has 1 fully saturated rings. The summed E-state index contributed by atoms with van der Waals surface area (Å²) in [6, 6.07) is -9.63. The van der Waals surface area contributed by atoms with Gasteiger partial charge in [0.25, 0.3) is 0 Å². The molecule has 1 saturated heterocycles. The van der Waals surface area contributed by atoms with Crippen LogP contribution in [0.5, 0.6) is 0 Å². The molecule has 0 saturated carbocycles. The van der Waals surface area contributed by atoms with Crippen molar-refractivity contribution in [1.29, 1.82) is 0 Å². The molecule has 72 heavy (non-hydrogen) atoms. The van der Waals surface area contributed by atoms with E-state index in [1.54, 1.807) is 55.4 Å². The molecule has 9 N–H and O–H groups in total. The number of amides is 7. The van der Waals surface area contributed by atoms with E-state index in [4.69, 9.17) is 4.74 Å². The van der Waals surface area contributed by atoms with E-state index in [-0.39, 0.29) is 62.2 Å². The Morgan fingerprint density at radius 2 is 0.861 bits per heavy atom. The minimum Gasteiger partial charge on any atom is -0.481 e. The van der Waals surface area contributed by atoms with E-state index in [2.05, 4.69) is 44.1 Å². The maximum Gasteiger partial charge on any atom is 0.328 e. The van der Waals surface area contributed by atoms with Crippen molar-refractivity contribution in [1.82, 2.24) is 37.2 Å². The van der Waals surface area contributed by atoms with Crippen molar-refractivity contribution in [2.24, 2.45) is 29.6 Å². The highest BCUT2D eigenvalue weighted by atomic mass is 16.5. The summed E-state index contributed by atoms with van der Waals surface area (Å²) in [5.74, 6) is -10.8. The highest BCUT2D eigenvalue weighted by molar-refractivity contribution is 5.98. The predicted molar refractivity (Wildman–Crippen MR) is 272 cm³/mol. The fraction of sp³-hybridized carbons (Fsp3) is 0.808. The van der Waals surface area contributed by atoms with E-state index in [1.807, 2.05) is 13.8 Å². The standard InChI is InChI=1S/C52H91N7O13/c1-12-13-14-15-16-17-18-19-20-21-35-28-42(60)53-36(22-23-43(61)62)46(65)54-37(24-30(2)3)47(66)56-39(26-32(6)7)50(69)59-45(34(10)11)51(70)57-40(29-44(63)64)49(68)55-38(25-31(4)5)48(67)58-41(27-33(8)9)52(71)72-35/h30-41,45H,12-29H2,1-11H3,(H,53,60)(H,54,65)(H,55,68)(H,56,66)(H,57,70)(H,58,67)(H,59,69)(H,61,62)(H,63,64)/t35-,36+,37+,38-,39-,40+,41+,45+/m1/s1. The van der Waals surface area contributed by atoms with Crippen molar-refractivity contribution in [2.75, 3.05) is 0 Å². The molecule has 0 spiro atoms. The lowest BCUT2D eigenvalue weighted by Crippen LogP contribution is -2.61. The van der Waals surface area contributed by atoms with Gasteiger partial charge in [-0.25, -0.2) is 4.79 Å². The van der Waals surface area contributed by atoms with Crippen molar-refractivity contribution in [3.63, 3.8) is 0 Å². The molecule has 20 nitrogen and oxygen atoms in total. The SMILES string of the molecule is CCCCCCCCCCC[C@@H]1CC(=O)N[C@@H](CCC(=O)O)C(=O)N[C@@H](CC(C)C)C(=O)N[C@H](CC(C)C)C(=O)N[C@@H](C(C)C)C(=O)N[C@@H](CC(=O)O)C(=O)N[C@H](CC(C)C)C(=O)N[C@@H](CC(C)C)C(=O)O1. The number of rotatable bonds is 24. The first-order valence-corrected chi connectivity index (χ1v) is 26.5. The summed E-state index contributed by atoms with van der Waals surface area (Å²) >= 11 is 0. The van der Waals surface area contributed by atoms with Crippen LogP contribution in [0.15, 0.2) is 0 Å². The predicted octanol–water partition coefficient (Wildman–Crippen LogP) is 4.80. The number of carboxylic acid groups (broad SMARTS) is 2. The van der Waals surface area contributed by atoms with Crippen molar-refractivity contribution < 1.29 is 62.9 Å². The zero-order chi connectivity index (χ0) is 54.7. The van der Waals surface area contributed by atoms with Crippen molar-refractivity contribution in [3.8, 4) is 0 Å². The molecule has 0 aromatic rings. The van der Waals surface area contributed by atoms with Crippen LogP contribution >= 0.6 is 0 Å². The Balaban J connectivity index is 3.97. The van der Waals surface area contributed by atoms with Crippen LogP contribution in [0.4, 0.5) is 0 Å². The molecule has 1 aliphatic heterocycles. The van der Waals surface area contributed by atoms with Gasteiger partial charge in [0.1, 0.15) is 48.4 Å². The number of carboxylic acids is 2. The van der Waals surface area contributed by atoms with Gasteiger partial charge in [-0.15, -0.1) is 0 Å². The minimum atomic E-state index is -1.72. The molecular weight excluding hydrogens is 931 g/mol. The maximum atomic E-state index is 14.2. The van der Waals surface area contributed by atoms with E-state index in [0.717, 1.165) is 38.5 Å². The molecule has 412 valence electrons. The molecule has 0 aromatic carbocycles. The molecule has 0 bridgehead atoms. The van der Waals surface area contributed by atoms with Crippen molar-refractivity contribution in [2.45, 2.75) is 240 Å². The van der Waals surface area contributed by atoms with Gasteiger partial charge in [0.15, 0.2) is 0 Å². The zero-order valence-corrected chi connectivity index (χ0v) is 45.1. The summed E-state index contributed by atoms with van der Waals surface area (Å²) in [6.07, 6.45) is 6.23. The van der Waals surface area contributed by atoms with Gasteiger partial charge in [-0.3, -0.25) is 43.2 Å². The molecule has 1 aliphatic rings. The Morgan fingerprint density at radius 3 is 1.29 bits per heavy atom. The number of hydrogen-bond donors (Lipinski definition) is 9. The first kappa shape index (κ1) is 64.7. The molecule has 20 heteroatoms. The van der Waals surface area contributed by atoms with Crippen molar-refractivity contribution >= 4 is 59.3 Å². The molecule has 0 aromatic heterocycles. The molecule has 8 atom stereocenters. The third kappa shape index (κ3) is 26.9. The number of cyclic esters (lactones) is 1. The topological polar surface area (TPSA) is 305 Å². The number of unbranched alkanes of at least 4 members (excludes halogenated alkanes) is 8. The van der Waals surface area contributed by atoms with Gasteiger partial charge in [0.05, 0.1) is 12.8 Å². The average molecular weight is 1020 g/mol. The largest absolute Gasteiger partial charge is 0.481 e. The Morgan fingerprint density at radius 1 is 0.472 bits per heavy atom. The first-order valence-electron chi connectivity index (χ1n) is 26.5. The summed E-state index contributed by atoms with van der Waals surface area (Å²) in [5, 5.41) is 37.9. The van der Waals surface area contributed by atoms with Crippen LogP contribution in [0, 0.1) is 29.6 Å². The Kier molecular flexibility index (Phi) is 30.7. The molecule has 7 amide bonds. The normalized spacial score (nSPS) is 24.1. The molecular formula is C52H91N7O13. The van der Waals surface area contributed by atoms with E-state index >= 15 is 0 Å². The van der Waals surface area contributed by atoms with E-state index in [9.17, 15) is 58.2 Å². The van der Waals surface area contributed by atoms with Gasteiger partial charge >= 0.3 is 17.9 Å². The van der Waals surface area contributed by atoms with Gasteiger partial charge in [0, 0.05) is 6.42 Å². The number of esters is 1. The molecule has 0 radical (unpaired) electrons. The summed E-state index contributed by atoms with van der Waals surface area (Å²) in [7, 11) is 0. The lowest BCUT2D eigenvalue weighted by Gasteiger charge is -2.29. The lowest BCUT2D eigenvalue weighted by molar-refractivity contribution is -0.155. The molecule has 1 heterocycles. The Labute approximate surface area is 428 Å². The smallest absolute Gasteiger partial charge is 0.328 e. The second-order valence-corrected chi connectivity index (χ2v) is 21.6.